The topological polar surface area (TPSA) is 83.7 Å². The lowest BCUT2D eigenvalue weighted by Crippen LogP contribution is -2.12. The van der Waals surface area contributed by atoms with Crippen molar-refractivity contribution in [2.75, 3.05) is 6.61 Å². The van der Waals surface area contributed by atoms with E-state index in [0.29, 0.717) is 11.4 Å². The van der Waals surface area contributed by atoms with E-state index in [4.69, 9.17) is 4.74 Å². The minimum Gasteiger partial charge on any atom is -0.493 e. The fourth-order valence-corrected chi connectivity index (χ4v) is 3.93. The van der Waals surface area contributed by atoms with Crippen LogP contribution < -0.4 is 10.3 Å². The summed E-state index contributed by atoms with van der Waals surface area (Å²) in [5.41, 5.74) is 5.89. The van der Waals surface area contributed by atoms with Gasteiger partial charge in [0.25, 0.3) is 5.56 Å². The van der Waals surface area contributed by atoms with Crippen LogP contribution in [-0.2, 0) is 0 Å². The second kappa shape index (κ2) is 10.3. The van der Waals surface area contributed by atoms with Gasteiger partial charge in [0.05, 0.1) is 12.2 Å². The van der Waals surface area contributed by atoms with Crippen molar-refractivity contribution >= 4 is 0 Å². The van der Waals surface area contributed by atoms with Gasteiger partial charge in [-0.2, -0.15) is 5.10 Å². The third-order valence-corrected chi connectivity index (χ3v) is 5.79. The third-order valence-electron chi connectivity index (χ3n) is 5.79. The standard InChI is InChI=1S/C27H30N4O2/c1-4-5-6-7-14-33-24-13-12-21(15-19(24)3)23-16-22(20-10-8-18(2)9-11-20)25(27(32)30-23)26-28-17-29-31-26/h8-13,15-17H,4-7,14H2,1-3H3,(H,30,32)(H,28,29,31). The maximum absolute atomic E-state index is 13.2. The number of aryl methyl sites for hydroxylation is 2. The molecule has 4 aromatic rings. The van der Waals surface area contributed by atoms with Gasteiger partial charge < -0.3 is 9.72 Å². The summed E-state index contributed by atoms with van der Waals surface area (Å²) in [5.74, 6) is 1.33. The number of pyridine rings is 1. The van der Waals surface area contributed by atoms with Gasteiger partial charge in [-0.25, -0.2) is 4.98 Å². The fraction of sp³-hybridized carbons (Fsp3) is 0.296. The molecule has 4 rings (SSSR count). The Morgan fingerprint density at radius 1 is 0.939 bits per heavy atom. The van der Waals surface area contributed by atoms with Gasteiger partial charge in [0.15, 0.2) is 5.82 Å². The Kier molecular flexibility index (Phi) is 7.03. The summed E-state index contributed by atoms with van der Waals surface area (Å²) >= 11 is 0. The molecule has 2 aromatic carbocycles. The van der Waals surface area contributed by atoms with Gasteiger partial charge in [0, 0.05) is 11.3 Å². The largest absolute Gasteiger partial charge is 0.493 e. The van der Waals surface area contributed by atoms with Crippen molar-refractivity contribution in [1.82, 2.24) is 20.2 Å². The lowest BCUT2D eigenvalue weighted by Gasteiger charge is -2.13. The molecule has 6 heteroatoms. The Bertz CT molecular complexity index is 1260. The predicted molar refractivity (Wildman–Crippen MR) is 132 cm³/mol. The average molecular weight is 443 g/mol. The summed E-state index contributed by atoms with van der Waals surface area (Å²) in [6.45, 7) is 7.00. The maximum Gasteiger partial charge on any atom is 0.260 e. The number of benzene rings is 2. The smallest absolute Gasteiger partial charge is 0.260 e. The molecule has 2 aromatic heterocycles. The molecular weight excluding hydrogens is 412 g/mol. The predicted octanol–water partition coefficient (Wildman–Crippen LogP) is 6.07. The molecule has 0 aliphatic carbocycles. The van der Waals surface area contributed by atoms with Crippen LogP contribution in [0.2, 0.25) is 0 Å². The van der Waals surface area contributed by atoms with Crippen molar-refractivity contribution in [3.05, 3.63) is 76.3 Å². The van der Waals surface area contributed by atoms with Crippen molar-refractivity contribution < 1.29 is 4.74 Å². The number of H-pyrrole nitrogens is 2. The van der Waals surface area contributed by atoms with Gasteiger partial charge in [0.1, 0.15) is 12.1 Å². The molecule has 0 atom stereocenters. The highest BCUT2D eigenvalue weighted by atomic mass is 16.5. The van der Waals surface area contributed by atoms with E-state index >= 15 is 0 Å². The van der Waals surface area contributed by atoms with Crippen LogP contribution in [0.3, 0.4) is 0 Å². The maximum atomic E-state index is 13.2. The van der Waals surface area contributed by atoms with E-state index < -0.39 is 0 Å². The normalized spacial score (nSPS) is 11.0. The van der Waals surface area contributed by atoms with E-state index in [0.717, 1.165) is 52.3 Å². The van der Waals surface area contributed by atoms with Crippen LogP contribution in [0.1, 0.15) is 43.7 Å². The van der Waals surface area contributed by atoms with Crippen molar-refractivity contribution in [2.24, 2.45) is 0 Å². The van der Waals surface area contributed by atoms with Gasteiger partial charge in [-0.15, -0.1) is 0 Å². The molecular formula is C27H30N4O2. The van der Waals surface area contributed by atoms with Gasteiger partial charge in [-0.1, -0.05) is 56.0 Å². The number of hydrogen-bond acceptors (Lipinski definition) is 4. The molecule has 0 aliphatic heterocycles. The Morgan fingerprint density at radius 2 is 1.73 bits per heavy atom. The molecule has 6 nitrogen and oxygen atoms in total. The van der Waals surface area contributed by atoms with Crippen LogP contribution in [0, 0.1) is 13.8 Å². The molecule has 0 radical (unpaired) electrons. The number of nitrogens with zero attached hydrogens (tertiary/aromatic N) is 2. The first kappa shape index (κ1) is 22.5. The zero-order chi connectivity index (χ0) is 23.2. The molecule has 2 N–H and O–H groups in total. The zero-order valence-corrected chi connectivity index (χ0v) is 19.4. The molecule has 0 saturated carbocycles. The summed E-state index contributed by atoms with van der Waals surface area (Å²) < 4.78 is 5.98. The average Bonchev–Trinajstić information content (AvgIpc) is 3.34. The number of hydrogen-bond donors (Lipinski definition) is 2. The lowest BCUT2D eigenvalue weighted by molar-refractivity contribution is 0.303. The van der Waals surface area contributed by atoms with Gasteiger partial charge in [-0.05, 0) is 61.2 Å². The number of aromatic amines is 2. The molecule has 0 amide bonds. The minimum absolute atomic E-state index is 0.214. The number of rotatable bonds is 9. The fourth-order valence-electron chi connectivity index (χ4n) is 3.93. The molecule has 0 bridgehead atoms. The molecule has 2 heterocycles. The Labute approximate surface area is 194 Å². The number of ether oxygens (including phenoxy) is 1. The van der Waals surface area contributed by atoms with Gasteiger partial charge in [-0.3, -0.25) is 9.89 Å². The number of aromatic nitrogens is 4. The lowest BCUT2D eigenvalue weighted by atomic mass is 9.97. The first-order valence-corrected chi connectivity index (χ1v) is 11.5. The van der Waals surface area contributed by atoms with E-state index in [1.807, 2.05) is 56.3 Å². The summed E-state index contributed by atoms with van der Waals surface area (Å²) in [6, 6.07) is 16.2. The highest BCUT2D eigenvalue weighted by molar-refractivity contribution is 5.83. The summed E-state index contributed by atoms with van der Waals surface area (Å²) in [6.07, 6.45) is 6.11. The van der Waals surface area contributed by atoms with Crippen molar-refractivity contribution in [1.29, 1.82) is 0 Å². The molecule has 33 heavy (non-hydrogen) atoms. The number of unbranched alkanes of at least 4 members (excludes halogenated alkanes) is 3. The van der Waals surface area contributed by atoms with Crippen LogP contribution in [0.5, 0.6) is 5.75 Å². The third kappa shape index (κ3) is 5.22. The van der Waals surface area contributed by atoms with E-state index in [1.54, 1.807) is 0 Å². The van der Waals surface area contributed by atoms with Crippen LogP contribution >= 0.6 is 0 Å². The first-order chi connectivity index (χ1) is 16.1. The molecule has 0 unspecified atom stereocenters. The first-order valence-electron chi connectivity index (χ1n) is 11.5. The second-order valence-electron chi connectivity index (χ2n) is 8.39. The van der Waals surface area contributed by atoms with E-state index in [1.165, 1.54) is 25.6 Å². The van der Waals surface area contributed by atoms with E-state index in [9.17, 15) is 4.79 Å². The number of nitrogens with one attached hydrogen (secondary N) is 2. The molecule has 0 saturated heterocycles. The highest BCUT2D eigenvalue weighted by Crippen LogP contribution is 2.32. The summed E-state index contributed by atoms with van der Waals surface area (Å²) in [7, 11) is 0. The van der Waals surface area contributed by atoms with Crippen LogP contribution in [0.4, 0.5) is 0 Å². The second-order valence-corrected chi connectivity index (χ2v) is 8.39. The molecule has 0 spiro atoms. The van der Waals surface area contributed by atoms with Crippen LogP contribution in [0.25, 0.3) is 33.8 Å². The zero-order valence-electron chi connectivity index (χ0n) is 19.4. The molecule has 0 aliphatic rings. The Hall–Kier alpha value is -3.67. The monoisotopic (exact) mass is 442 g/mol. The minimum atomic E-state index is -0.214. The quantitative estimate of drug-likeness (QED) is 0.308. The highest BCUT2D eigenvalue weighted by Gasteiger charge is 2.17. The summed E-state index contributed by atoms with van der Waals surface area (Å²) in [5, 5.41) is 6.75. The van der Waals surface area contributed by atoms with Gasteiger partial charge in [0.2, 0.25) is 0 Å². The van der Waals surface area contributed by atoms with Crippen molar-refractivity contribution in [3.63, 3.8) is 0 Å². The Morgan fingerprint density at radius 3 is 2.42 bits per heavy atom. The van der Waals surface area contributed by atoms with Crippen molar-refractivity contribution in [3.8, 4) is 39.5 Å². The van der Waals surface area contributed by atoms with Crippen LogP contribution in [0.15, 0.2) is 59.7 Å². The molecule has 170 valence electrons. The van der Waals surface area contributed by atoms with Crippen LogP contribution in [-0.4, -0.2) is 26.8 Å². The van der Waals surface area contributed by atoms with E-state index in [2.05, 4.69) is 33.2 Å². The van der Waals surface area contributed by atoms with Gasteiger partial charge >= 0.3 is 0 Å². The Balaban J connectivity index is 1.69. The van der Waals surface area contributed by atoms with E-state index in [-0.39, 0.29) is 5.56 Å². The SMILES string of the molecule is CCCCCCOc1ccc(-c2cc(-c3ccc(C)cc3)c(-c3ncn[nH]3)c(=O)[nH]2)cc1C. The van der Waals surface area contributed by atoms with Crippen molar-refractivity contribution in [2.45, 2.75) is 46.5 Å². The summed E-state index contributed by atoms with van der Waals surface area (Å²) in [4.78, 5) is 20.4. The molecule has 0 fully saturated rings.